The van der Waals surface area contributed by atoms with Crippen molar-refractivity contribution >= 4 is 28.5 Å². The highest BCUT2D eigenvalue weighted by Crippen LogP contribution is 2.25. The minimum absolute atomic E-state index is 0.0662. The average Bonchev–Trinajstić information content (AvgIpc) is 3.10. The van der Waals surface area contributed by atoms with Crippen molar-refractivity contribution in [3.63, 3.8) is 0 Å². The molecule has 1 aliphatic rings. The van der Waals surface area contributed by atoms with E-state index in [2.05, 4.69) is 11.9 Å². The van der Waals surface area contributed by atoms with Crippen LogP contribution in [0.5, 0.6) is 0 Å². The van der Waals surface area contributed by atoms with Crippen LogP contribution < -0.4 is 0 Å². The number of ether oxygens (including phenoxy) is 1. The molecule has 2 aromatic rings. The number of hydrogen-bond donors (Lipinski definition) is 1. The van der Waals surface area contributed by atoms with Crippen LogP contribution in [0.1, 0.15) is 49.9 Å². The third-order valence-corrected chi connectivity index (χ3v) is 5.11. The maximum atomic E-state index is 12.7. The summed E-state index contributed by atoms with van der Waals surface area (Å²) in [6.07, 6.45) is 4.50. The van der Waals surface area contributed by atoms with Gasteiger partial charge in [0.25, 0.3) is 11.6 Å². The lowest BCUT2D eigenvalue weighted by atomic mass is 9.99. The van der Waals surface area contributed by atoms with Crippen LogP contribution in [0, 0.1) is 10.1 Å². The van der Waals surface area contributed by atoms with Gasteiger partial charge in [-0.05, 0) is 38.7 Å². The number of non-ortho nitro benzene ring substituents is 1. The summed E-state index contributed by atoms with van der Waals surface area (Å²) in [7, 11) is 0. The van der Waals surface area contributed by atoms with E-state index >= 15 is 0 Å². The highest BCUT2D eigenvalue weighted by atomic mass is 16.6. The summed E-state index contributed by atoms with van der Waals surface area (Å²) in [6, 6.07) is 4.40. The number of aromatic amines is 1. The number of nitro groups is 1. The summed E-state index contributed by atoms with van der Waals surface area (Å²) < 4.78 is 5.40. The Balaban J connectivity index is 1.73. The van der Waals surface area contributed by atoms with E-state index in [1.54, 1.807) is 6.92 Å². The van der Waals surface area contributed by atoms with Gasteiger partial charge in [0, 0.05) is 36.3 Å². The van der Waals surface area contributed by atoms with E-state index < -0.39 is 17.0 Å². The van der Waals surface area contributed by atoms with Gasteiger partial charge in [-0.25, -0.2) is 4.79 Å². The van der Waals surface area contributed by atoms with E-state index in [4.69, 9.17) is 4.74 Å². The van der Waals surface area contributed by atoms with Gasteiger partial charge in [0.05, 0.1) is 16.0 Å². The highest BCUT2D eigenvalue weighted by molar-refractivity contribution is 6.05. The zero-order valence-electron chi connectivity index (χ0n) is 15.4. The van der Waals surface area contributed by atoms with E-state index in [0.717, 1.165) is 25.7 Å². The molecular weight excluding hydrogens is 350 g/mol. The number of benzene rings is 1. The fourth-order valence-electron chi connectivity index (χ4n) is 3.62. The summed E-state index contributed by atoms with van der Waals surface area (Å²) >= 11 is 0. The van der Waals surface area contributed by atoms with Gasteiger partial charge in [0.2, 0.25) is 0 Å². The molecule has 3 rings (SSSR count). The SMILES string of the molecule is CC[C@@H]1CCCCN1C(=O)[C@H](C)OC(=O)c1c[nH]c2cc([N+](=O)[O-])ccc12. The normalized spacial score (nSPS) is 18.3. The van der Waals surface area contributed by atoms with E-state index in [0.29, 0.717) is 17.4 Å². The number of H-pyrrole nitrogens is 1. The minimum Gasteiger partial charge on any atom is -0.449 e. The van der Waals surface area contributed by atoms with Gasteiger partial charge in [-0.3, -0.25) is 14.9 Å². The van der Waals surface area contributed by atoms with Crippen molar-refractivity contribution < 1.29 is 19.2 Å². The van der Waals surface area contributed by atoms with Gasteiger partial charge in [0.15, 0.2) is 6.10 Å². The fourth-order valence-corrected chi connectivity index (χ4v) is 3.62. The molecule has 1 aliphatic heterocycles. The Morgan fingerprint density at radius 3 is 2.89 bits per heavy atom. The van der Waals surface area contributed by atoms with E-state index in [-0.39, 0.29) is 23.2 Å². The van der Waals surface area contributed by atoms with Gasteiger partial charge >= 0.3 is 5.97 Å². The molecule has 1 fully saturated rings. The number of piperidine rings is 1. The first kappa shape index (κ1) is 18.9. The quantitative estimate of drug-likeness (QED) is 0.491. The third-order valence-electron chi connectivity index (χ3n) is 5.11. The van der Waals surface area contributed by atoms with Crippen LogP contribution >= 0.6 is 0 Å². The smallest absolute Gasteiger partial charge is 0.341 e. The summed E-state index contributed by atoms with van der Waals surface area (Å²) in [5, 5.41) is 11.4. The zero-order valence-corrected chi connectivity index (χ0v) is 15.4. The molecule has 1 aromatic carbocycles. The molecule has 0 bridgehead atoms. The van der Waals surface area contributed by atoms with Crippen LogP contribution in [0.25, 0.3) is 10.9 Å². The Hall–Kier alpha value is -2.90. The van der Waals surface area contributed by atoms with Crippen molar-refractivity contribution in [2.24, 2.45) is 0 Å². The zero-order chi connectivity index (χ0) is 19.6. The molecule has 2 heterocycles. The second-order valence-electron chi connectivity index (χ2n) is 6.83. The maximum absolute atomic E-state index is 12.7. The van der Waals surface area contributed by atoms with Gasteiger partial charge in [-0.15, -0.1) is 0 Å². The van der Waals surface area contributed by atoms with Crippen LogP contribution in [0.15, 0.2) is 24.4 Å². The molecular formula is C19H23N3O5. The first-order chi connectivity index (χ1) is 12.9. The monoisotopic (exact) mass is 373 g/mol. The number of hydrogen-bond acceptors (Lipinski definition) is 5. The number of fused-ring (bicyclic) bond motifs is 1. The van der Waals surface area contributed by atoms with Crippen molar-refractivity contribution in [2.75, 3.05) is 6.54 Å². The Labute approximate surface area is 156 Å². The molecule has 1 saturated heterocycles. The summed E-state index contributed by atoms with van der Waals surface area (Å²) in [5.74, 6) is -0.800. The van der Waals surface area contributed by atoms with Crippen molar-refractivity contribution in [1.82, 2.24) is 9.88 Å². The van der Waals surface area contributed by atoms with Gasteiger partial charge in [-0.2, -0.15) is 0 Å². The van der Waals surface area contributed by atoms with Crippen LogP contribution in [0.3, 0.4) is 0 Å². The number of esters is 1. The molecule has 0 aliphatic carbocycles. The lowest BCUT2D eigenvalue weighted by Crippen LogP contribution is -2.48. The van der Waals surface area contributed by atoms with E-state index in [1.165, 1.54) is 24.4 Å². The number of carbonyl (C=O) groups is 2. The molecule has 0 radical (unpaired) electrons. The molecule has 8 nitrogen and oxygen atoms in total. The third kappa shape index (κ3) is 3.79. The summed E-state index contributed by atoms with van der Waals surface area (Å²) in [6.45, 7) is 4.33. The van der Waals surface area contributed by atoms with Crippen LogP contribution in [-0.2, 0) is 9.53 Å². The van der Waals surface area contributed by atoms with Crippen molar-refractivity contribution in [2.45, 2.75) is 51.7 Å². The number of amides is 1. The lowest BCUT2D eigenvalue weighted by Gasteiger charge is -2.36. The summed E-state index contributed by atoms with van der Waals surface area (Å²) in [5.41, 5.74) is 0.658. The topological polar surface area (TPSA) is 106 Å². The van der Waals surface area contributed by atoms with Gasteiger partial charge in [0.1, 0.15) is 0 Å². The number of nitrogens with zero attached hydrogens (tertiary/aromatic N) is 2. The Morgan fingerprint density at radius 2 is 2.19 bits per heavy atom. The number of aromatic nitrogens is 1. The molecule has 0 saturated carbocycles. The molecule has 1 amide bonds. The molecule has 1 aromatic heterocycles. The van der Waals surface area contributed by atoms with Crippen LogP contribution in [0.2, 0.25) is 0 Å². The molecule has 0 unspecified atom stereocenters. The molecule has 8 heteroatoms. The fraction of sp³-hybridized carbons (Fsp3) is 0.474. The predicted molar refractivity (Wildman–Crippen MR) is 99.5 cm³/mol. The number of rotatable bonds is 5. The van der Waals surface area contributed by atoms with Crippen molar-refractivity contribution in [3.8, 4) is 0 Å². The Kier molecular flexibility index (Phi) is 5.43. The first-order valence-corrected chi connectivity index (χ1v) is 9.19. The highest BCUT2D eigenvalue weighted by Gasteiger charge is 2.31. The van der Waals surface area contributed by atoms with Crippen molar-refractivity contribution in [3.05, 3.63) is 40.1 Å². The largest absolute Gasteiger partial charge is 0.449 e. The lowest BCUT2D eigenvalue weighted by molar-refractivity contribution is -0.384. The van der Waals surface area contributed by atoms with Gasteiger partial charge in [-0.1, -0.05) is 6.92 Å². The van der Waals surface area contributed by atoms with Gasteiger partial charge < -0.3 is 14.6 Å². The number of nitro benzene ring substituents is 1. The molecule has 0 spiro atoms. The second kappa shape index (κ2) is 7.77. The van der Waals surface area contributed by atoms with Crippen molar-refractivity contribution in [1.29, 1.82) is 0 Å². The molecule has 27 heavy (non-hydrogen) atoms. The maximum Gasteiger partial charge on any atom is 0.341 e. The molecule has 144 valence electrons. The first-order valence-electron chi connectivity index (χ1n) is 9.19. The second-order valence-corrected chi connectivity index (χ2v) is 6.83. The number of nitrogens with one attached hydrogen (secondary N) is 1. The predicted octanol–water partition coefficient (Wildman–Crippen LogP) is 3.41. The van der Waals surface area contributed by atoms with E-state index in [1.807, 2.05) is 4.90 Å². The molecule has 1 N–H and O–H groups in total. The van der Waals surface area contributed by atoms with Crippen LogP contribution in [0.4, 0.5) is 5.69 Å². The van der Waals surface area contributed by atoms with Crippen LogP contribution in [-0.4, -0.2) is 45.4 Å². The molecule has 2 atom stereocenters. The number of likely N-dealkylation sites (tertiary alicyclic amines) is 1. The standard InChI is InChI=1S/C19H23N3O5/c1-3-13-6-4-5-9-21(13)18(23)12(2)27-19(24)16-11-20-17-10-14(22(25)26)7-8-15(16)17/h7-8,10-13,20H,3-6,9H2,1-2H3/t12-,13+/m0/s1. The summed E-state index contributed by atoms with van der Waals surface area (Å²) in [4.78, 5) is 40.3. The van der Waals surface area contributed by atoms with E-state index in [9.17, 15) is 19.7 Å². The Bertz CT molecular complexity index is 875. The number of carbonyl (C=O) groups excluding carboxylic acids is 2. The average molecular weight is 373 g/mol. The Morgan fingerprint density at radius 1 is 1.41 bits per heavy atom. The minimum atomic E-state index is -0.882.